The van der Waals surface area contributed by atoms with Gasteiger partial charge in [-0.15, -0.1) is 5.10 Å². The number of anilines is 3. The summed E-state index contributed by atoms with van der Waals surface area (Å²) in [6.07, 6.45) is -6.07. The van der Waals surface area contributed by atoms with E-state index in [-0.39, 0.29) is 84.5 Å². The summed E-state index contributed by atoms with van der Waals surface area (Å²) in [5, 5.41) is 60.9. The van der Waals surface area contributed by atoms with Gasteiger partial charge in [-0.2, -0.15) is 72.2 Å². The Hall–Kier alpha value is -6.86. The summed E-state index contributed by atoms with van der Waals surface area (Å²) in [5.74, 6) is -15.2. The molecule has 0 saturated heterocycles. The monoisotopic (exact) mass is 1170 g/mol. The van der Waals surface area contributed by atoms with Crippen LogP contribution in [0.1, 0.15) is 81.0 Å². The van der Waals surface area contributed by atoms with Gasteiger partial charge in [-0.1, -0.05) is 30.3 Å². The summed E-state index contributed by atoms with van der Waals surface area (Å²) in [4.78, 5) is 135. The molecule has 24 nitrogen and oxygen atoms in total. The van der Waals surface area contributed by atoms with Crippen molar-refractivity contribution in [3.63, 3.8) is 0 Å². The number of ketones is 2. The Kier molecular flexibility index (Phi) is 31.9. The van der Waals surface area contributed by atoms with Crippen LogP contribution in [0.4, 0.5) is 26.4 Å². The van der Waals surface area contributed by atoms with Gasteiger partial charge in [0.05, 0.1) is 40.9 Å². The normalized spacial score (nSPS) is 12.2. The first-order chi connectivity index (χ1) is 33.9. The Morgan fingerprint density at radius 2 is 1.17 bits per heavy atom. The van der Waals surface area contributed by atoms with Gasteiger partial charge in [0.15, 0.2) is 11.6 Å². The second-order valence-corrected chi connectivity index (χ2v) is 16.8. The number of nitrogen functional groups attached to an aromatic ring is 1. The molecule has 0 bridgehead atoms. The van der Waals surface area contributed by atoms with Crippen molar-refractivity contribution in [2.45, 2.75) is 95.7 Å². The van der Waals surface area contributed by atoms with Crippen LogP contribution in [0.25, 0.3) is 22.0 Å². The average molecular weight is 1180 g/mol. The molecule has 4 amide bonds. The molecule has 0 aliphatic carbocycles. The summed E-state index contributed by atoms with van der Waals surface area (Å²) in [7, 11) is 0. The predicted octanol–water partition coefficient (Wildman–Crippen LogP) is 3.96. The topological polar surface area (TPSA) is 407 Å². The summed E-state index contributed by atoms with van der Waals surface area (Å²) < 4.78 is 15.1. The minimum absolute atomic E-state index is 0. The number of nitrogens with one attached hydrogen (secondary N) is 4. The molecule has 4 rings (SSSR count). The first-order valence-corrected chi connectivity index (χ1v) is 22.2. The third-order valence-corrected chi connectivity index (χ3v) is 11.3. The molecule has 13 N–H and O–H groups in total. The molecule has 0 radical (unpaired) electrons. The molecular weight excluding hydrogens is 1110 g/mol. The van der Waals surface area contributed by atoms with Crippen LogP contribution in [0.3, 0.4) is 0 Å². The van der Waals surface area contributed by atoms with Crippen LogP contribution in [0.5, 0.6) is 0 Å². The first kappa shape index (κ1) is 72.2. The first-order valence-electron chi connectivity index (χ1n) is 22.2. The van der Waals surface area contributed by atoms with E-state index in [9.17, 15) is 77.6 Å². The Morgan fingerprint density at radius 3 is 1.69 bits per heavy atom. The highest BCUT2D eigenvalue weighted by Gasteiger charge is 2.30. The molecule has 0 aliphatic heterocycles. The van der Waals surface area contributed by atoms with Crippen LogP contribution in [-0.4, -0.2) is 119 Å². The number of aryl methyl sites for hydroxylation is 1. The Bertz CT molecular complexity index is 2770. The van der Waals surface area contributed by atoms with E-state index < -0.39 is 172 Å². The van der Waals surface area contributed by atoms with E-state index in [0.717, 1.165) is 10.2 Å². The van der Waals surface area contributed by atoms with Gasteiger partial charge in [0.2, 0.25) is 17.7 Å². The Morgan fingerprint density at radius 1 is 0.636 bits per heavy atom. The van der Waals surface area contributed by atoms with Gasteiger partial charge >= 0.3 is 35.9 Å². The fourth-order valence-electron chi connectivity index (χ4n) is 7.40. The number of aliphatic carboxylic acids is 5. The predicted molar refractivity (Wildman–Crippen MR) is 304 cm³/mol. The van der Waals surface area contributed by atoms with Crippen LogP contribution >= 0.6 is 67.5 Å². The molecule has 0 unspecified atom stereocenters. The lowest BCUT2D eigenvalue weighted by Gasteiger charge is -2.17. The third kappa shape index (κ3) is 22.3. The van der Waals surface area contributed by atoms with Crippen molar-refractivity contribution in [2.75, 3.05) is 16.4 Å². The molecule has 0 aliphatic rings. The fraction of sp³-hybridized carbons (Fsp3) is 0.362. The highest BCUT2D eigenvalue weighted by molar-refractivity contribution is 7.60. The lowest BCUT2D eigenvalue weighted by molar-refractivity contribution is -0.145. The van der Waals surface area contributed by atoms with Crippen LogP contribution < -0.4 is 32.7 Å². The van der Waals surface area contributed by atoms with Gasteiger partial charge in [-0.3, -0.25) is 38.4 Å². The number of hydrogen-bond acceptors (Lipinski definition) is 14. The van der Waals surface area contributed by atoms with Gasteiger partial charge in [-0.25, -0.2) is 18.8 Å². The molecule has 30 heteroatoms. The number of carboxylic acid groups (broad SMARTS) is 5. The number of urea groups is 1. The second kappa shape index (κ2) is 34.0. The maximum atomic E-state index is 14.1. The molecule has 0 fully saturated rings. The molecule has 3 aromatic carbocycles. The molecule has 424 valence electrons. The number of benzene rings is 3. The van der Waals surface area contributed by atoms with Gasteiger partial charge in [-0.05, 0) is 79.6 Å². The number of Topliss-reactive ketones (excluding diaryl/α,β-unsaturated/α-hetero) is 2. The minimum atomic E-state index is -1.68. The fourth-order valence-corrected chi connectivity index (χ4v) is 7.40. The SMILES string of the molecule is Cc1ccc(F)c(NC(=O)Nc2ccc(-c3cccc4c3c(N)nn4C(=O)C[C@H](N)C(=O)C[C@@H](CCC(=O)N[C@@H](CCC(=O)C[C@@H](CCC(=O)N[C@@H](CCC(=O)O)C(=O)O)C(=O)O)C(=O)O)C(=O)O)cc2)c1.S.S.S.S.S. The maximum absolute atomic E-state index is 14.1. The van der Waals surface area contributed by atoms with E-state index in [4.69, 9.17) is 16.6 Å². The van der Waals surface area contributed by atoms with Gasteiger partial charge in [0, 0.05) is 44.2 Å². The Balaban J connectivity index is 0. The molecule has 0 spiro atoms. The number of hydrogen-bond donors (Lipinski definition) is 11. The number of carbonyl (C=O) groups excluding carboxylic acids is 6. The van der Waals surface area contributed by atoms with Crippen molar-refractivity contribution < 1.29 is 82.7 Å². The zero-order chi connectivity index (χ0) is 53.4. The van der Waals surface area contributed by atoms with Crippen LogP contribution in [0, 0.1) is 24.6 Å². The lowest BCUT2D eigenvalue weighted by atomic mass is 9.93. The molecule has 1 aromatic heterocycles. The van der Waals surface area contributed by atoms with Crippen molar-refractivity contribution in [2.24, 2.45) is 17.6 Å². The van der Waals surface area contributed by atoms with Crippen molar-refractivity contribution in [1.29, 1.82) is 0 Å². The van der Waals surface area contributed by atoms with E-state index in [1.54, 1.807) is 55.5 Å². The minimum Gasteiger partial charge on any atom is -0.481 e. The summed E-state index contributed by atoms with van der Waals surface area (Å²) in [6.45, 7) is 1.75. The maximum Gasteiger partial charge on any atom is 0.326 e. The number of halogens is 1. The molecular formula is C47H63FN8O16S5. The van der Waals surface area contributed by atoms with E-state index in [1.165, 1.54) is 12.1 Å². The second-order valence-electron chi connectivity index (χ2n) is 16.8. The number of nitrogens with zero attached hydrogens (tertiary/aromatic N) is 2. The average Bonchev–Trinajstić information content (AvgIpc) is 3.66. The van der Waals surface area contributed by atoms with E-state index in [2.05, 4.69) is 26.4 Å². The third-order valence-electron chi connectivity index (χ3n) is 11.3. The number of amides is 4. The lowest BCUT2D eigenvalue weighted by Crippen LogP contribution is -2.41. The molecule has 1 heterocycles. The van der Waals surface area contributed by atoms with E-state index in [1.807, 2.05) is 0 Å². The molecule has 77 heavy (non-hydrogen) atoms. The number of nitrogens with two attached hydrogens (primary N) is 2. The summed E-state index contributed by atoms with van der Waals surface area (Å²) >= 11 is 0. The van der Waals surface area contributed by atoms with Crippen molar-refractivity contribution in [3.05, 3.63) is 72.0 Å². The summed E-state index contributed by atoms with van der Waals surface area (Å²) in [6, 6.07) is 10.2. The molecule has 0 saturated carbocycles. The number of fused-ring (bicyclic) bond motifs is 1. The quantitative estimate of drug-likeness (QED) is 0.0383. The van der Waals surface area contributed by atoms with Crippen LogP contribution in [-0.2, 0) is 43.2 Å². The standard InChI is InChI=1S/C47H53FN8O16.5H2S/c1-23-5-13-30(48)34(19-23)54-47(72)51-27-10-6-24(7-11-27)29-3-2-4-35-41(29)42(50)55-56(35)39(61)22-31(49)36(58)21-26(44(66)67)9-17-38(60)52-32(45(68)69)14-12-28(57)20-25(43(64)65)8-16-37(59)53-33(46(70)71)15-18-40(62)63;;;;;/h2-7,10-11,13,19,25-26,31-33H,8-9,12,14-18,20-22,49H2,1H3,(H2,50,55)(H,52,60)(H,53,59)(H,62,63)(H,64,65)(H,66,67)(H,68,69)(H,70,71)(H2,51,54,72);5*1H2/t25-,26-,31+,32+,33+;;;;;/m1...../s1. The number of rotatable bonds is 28. The number of carboxylic acids is 5. The zero-order valence-corrected chi connectivity index (χ0v) is 46.1. The largest absolute Gasteiger partial charge is 0.481 e. The number of aromatic nitrogens is 2. The van der Waals surface area contributed by atoms with E-state index >= 15 is 0 Å². The van der Waals surface area contributed by atoms with Crippen molar-refractivity contribution in [3.8, 4) is 11.1 Å². The van der Waals surface area contributed by atoms with Gasteiger partial charge < -0.3 is 58.3 Å². The van der Waals surface area contributed by atoms with Crippen molar-refractivity contribution in [1.82, 2.24) is 20.4 Å². The van der Waals surface area contributed by atoms with Gasteiger partial charge in [0.1, 0.15) is 23.7 Å². The molecule has 5 atom stereocenters. The van der Waals surface area contributed by atoms with E-state index in [0.29, 0.717) is 22.2 Å². The smallest absolute Gasteiger partial charge is 0.326 e. The van der Waals surface area contributed by atoms with Crippen LogP contribution in [0.2, 0.25) is 0 Å². The zero-order valence-electron chi connectivity index (χ0n) is 41.1. The van der Waals surface area contributed by atoms with Crippen molar-refractivity contribution >= 4 is 161 Å². The molecule has 4 aromatic rings. The number of carbonyl (C=O) groups is 11. The van der Waals surface area contributed by atoms with Gasteiger partial charge in [0.25, 0.3) is 0 Å². The Labute approximate surface area is 474 Å². The van der Waals surface area contributed by atoms with Crippen LogP contribution in [0.15, 0.2) is 60.7 Å². The highest BCUT2D eigenvalue weighted by atomic mass is 32.1. The summed E-state index contributed by atoms with van der Waals surface area (Å²) in [5.41, 5.74) is 14.9. The highest BCUT2D eigenvalue weighted by Crippen LogP contribution is 2.33.